The van der Waals surface area contributed by atoms with Crippen LogP contribution in [0.2, 0.25) is 0 Å². The monoisotopic (exact) mass is 694 g/mol. The van der Waals surface area contributed by atoms with Crippen molar-refractivity contribution < 1.29 is 33.8 Å². The summed E-state index contributed by atoms with van der Waals surface area (Å²) in [5.74, 6) is -2.17. The van der Waals surface area contributed by atoms with Crippen LogP contribution in [0.25, 0.3) is 10.9 Å². The second kappa shape index (κ2) is 20.1. The predicted octanol–water partition coefficient (Wildman–Crippen LogP) is 5.21. The van der Waals surface area contributed by atoms with E-state index in [0.717, 1.165) is 27.6 Å². The van der Waals surface area contributed by atoms with E-state index in [1.54, 1.807) is 6.08 Å². The molecule has 11 nitrogen and oxygen atoms in total. The average molecular weight is 695 g/mol. The van der Waals surface area contributed by atoms with Crippen molar-refractivity contribution in [2.24, 2.45) is 5.92 Å². The molecule has 0 aliphatic carbocycles. The minimum atomic E-state index is -1.07. The van der Waals surface area contributed by atoms with Crippen LogP contribution in [0.3, 0.4) is 0 Å². The molecule has 4 N–H and O–H groups in total. The molecule has 0 saturated heterocycles. The Bertz CT molecular complexity index is 1740. The normalized spacial score (nSPS) is 12.6. The van der Waals surface area contributed by atoms with Crippen LogP contribution in [-0.4, -0.2) is 70.7 Å². The first-order valence-corrected chi connectivity index (χ1v) is 16.9. The molecule has 3 amide bonds. The Labute approximate surface area is 298 Å². The molecule has 0 unspecified atom stereocenters. The molecule has 4 aromatic rings. The highest BCUT2D eigenvalue weighted by molar-refractivity contribution is 5.87. The molecule has 11 heteroatoms. The number of alkyl carbamates (subject to hydrolysis) is 1. The number of ether oxygens (including phenoxy) is 2. The number of hydrogen-bond donors (Lipinski definition) is 4. The van der Waals surface area contributed by atoms with E-state index in [2.05, 4.69) is 28.8 Å². The van der Waals surface area contributed by atoms with Crippen molar-refractivity contribution in [3.05, 3.63) is 133 Å². The number of aliphatic hydroxyl groups is 1. The lowest BCUT2D eigenvalue weighted by Crippen LogP contribution is -2.46. The fourth-order valence-electron chi connectivity index (χ4n) is 5.65. The molecule has 268 valence electrons. The third-order valence-corrected chi connectivity index (χ3v) is 8.29. The molecule has 0 aliphatic rings. The number of aromatic nitrogens is 1. The highest BCUT2D eigenvalue weighted by atomic mass is 16.6. The van der Waals surface area contributed by atoms with Crippen LogP contribution in [0.5, 0.6) is 0 Å². The number of amides is 3. The second-order valence-corrected chi connectivity index (χ2v) is 12.1. The van der Waals surface area contributed by atoms with E-state index in [0.29, 0.717) is 13.0 Å². The Morgan fingerprint density at radius 2 is 1.51 bits per heavy atom. The minimum absolute atomic E-state index is 0.0274. The molecular formula is C40H46N4O7. The lowest BCUT2D eigenvalue weighted by molar-refractivity contribution is -0.147. The van der Waals surface area contributed by atoms with Crippen molar-refractivity contribution in [3.63, 3.8) is 0 Å². The number of nitrogens with one attached hydrogen (secondary N) is 3. The Balaban J connectivity index is 1.45. The molecule has 4 rings (SSSR count). The summed E-state index contributed by atoms with van der Waals surface area (Å²) >= 11 is 0. The van der Waals surface area contributed by atoms with E-state index >= 15 is 0 Å². The van der Waals surface area contributed by atoms with Gasteiger partial charge in [-0.2, -0.15) is 0 Å². The lowest BCUT2D eigenvalue weighted by Gasteiger charge is -2.26. The smallest absolute Gasteiger partial charge is 0.408 e. The van der Waals surface area contributed by atoms with Crippen molar-refractivity contribution in [3.8, 4) is 0 Å². The number of hydrogen-bond acceptors (Lipinski definition) is 7. The van der Waals surface area contributed by atoms with Gasteiger partial charge in [-0.1, -0.05) is 91.0 Å². The summed E-state index contributed by atoms with van der Waals surface area (Å²) in [5, 5.41) is 16.2. The van der Waals surface area contributed by atoms with Gasteiger partial charge in [0.05, 0.1) is 18.6 Å². The summed E-state index contributed by atoms with van der Waals surface area (Å²) in [4.78, 5) is 57.9. The number of para-hydroxylation sites is 1. The summed E-state index contributed by atoms with van der Waals surface area (Å²) in [6.45, 7) is 7.49. The largest absolute Gasteiger partial charge is 0.462 e. The summed E-state index contributed by atoms with van der Waals surface area (Å²) in [6, 6.07) is 24.5. The molecule has 51 heavy (non-hydrogen) atoms. The van der Waals surface area contributed by atoms with E-state index in [9.17, 15) is 24.3 Å². The minimum Gasteiger partial charge on any atom is -0.462 e. The van der Waals surface area contributed by atoms with E-state index in [4.69, 9.17) is 9.47 Å². The van der Waals surface area contributed by atoms with E-state index in [1.165, 1.54) is 11.0 Å². The van der Waals surface area contributed by atoms with Crippen LogP contribution in [0.1, 0.15) is 36.0 Å². The molecule has 0 fully saturated rings. The quantitative estimate of drug-likeness (QED) is 0.0733. The molecule has 1 heterocycles. The zero-order valence-corrected chi connectivity index (χ0v) is 28.7. The van der Waals surface area contributed by atoms with E-state index in [-0.39, 0.29) is 51.5 Å². The van der Waals surface area contributed by atoms with Gasteiger partial charge in [0.25, 0.3) is 0 Å². The van der Waals surface area contributed by atoms with E-state index in [1.807, 2.05) is 91.1 Å². The zero-order chi connectivity index (χ0) is 36.4. The van der Waals surface area contributed by atoms with Gasteiger partial charge in [0, 0.05) is 36.6 Å². The van der Waals surface area contributed by atoms with Gasteiger partial charge in [0.15, 0.2) is 0 Å². The van der Waals surface area contributed by atoms with Crippen molar-refractivity contribution in [1.29, 1.82) is 0 Å². The van der Waals surface area contributed by atoms with Crippen molar-refractivity contribution in [1.82, 2.24) is 20.5 Å². The van der Waals surface area contributed by atoms with Crippen LogP contribution < -0.4 is 10.6 Å². The van der Waals surface area contributed by atoms with Gasteiger partial charge >= 0.3 is 12.1 Å². The Kier molecular flexibility index (Phi) is 15.0. The molecule has 0 radical (unpaired) electrons. The zero-order valence-electron chi connectivity index (χ0n) is 28.7. The number of carbonyl (C=O) groups excluding carboxylic acids is 4. The maximum atomic E-state index is 13.8. The Morgan fingerprint density at radius 3 is 2.20 bits per heavy atom. The summed E-state index contributed by atoms with van der Waals surface area (Å²) < 4.78 is 11.0. The maximum absolute atomic E-state index is 13.8. The number of allylic oxidation sites excluding steroid dienone is 1. The van der Waals surface area contributed by atoms with Crippen molar-refractivity contribution in [2.75, 3.05) is 19.8 Å². The van der Waals surface area contributed by atoms with Gasteiger partial charge in [-0.3, -0.25) is 9.59 Å². The number of esters is 1. The van der Waals surface area contributed by atoms with Gasteiger partial charge < -0.3 is 35.1 Å². The number of carbonyl (C=O) groups is 4. The van der Waals surface area contributed by atoms with Crippen LogP contribution >= 0.6 is 0 Å². The number of nitrogens with zero attached hydrogens (tertiary/aromatic N) is 1. The fourth-order valence-corrected chi connectivity index (χ4v) is 5.65. The van der Waals surface area contributed by atoms with Gasteiger partial charge in [-0.05, 0) is 42.0 Å². The molecule has 3 atom stereocenters. The number of benzene rings is 3. The Hall–Kier alpha value is -5.68. The standard InChI is InChI=1S/C40H46N4O7/c1-3-13-31(24-37(46)44(21-22-45)26-29-15-7-5-8-16-29)38(47)42-33(23-32-25-41-35-20-12-11-19-34(32)35)28-50-39(48)36(14-4-2)43-40(49)51-27-30-17-9-6-10-18-30/h3-12,15-20,25,31,33,36,41,45H,1-2,13-14,21-24,26-28H2,(H,42,47)(H,43,49)/t31-,33-,36+/m0/s1. The molecule has 3 aromatic carbocycles. The number of rotatable bonds is 20. The second-order valence-electron chi connectivity index (χ2n) is 12.1. The fraction of sp³-hybridized carbons (Fsp3) is 0.300. The highest BCUT2D eigenvalue weighted by Crippen LogP contribution is 2.21. The van der Waals surface area contributed by atoms with E-state index < -0.39 is 36.0 Å². The average Bonchev–Trinajstić information content (AvgIpc) is 3.55. The molecule has 0 saturated carbocycles. The van der Waals surface area contributed by atoms with Gasteiger partial charge in [0.1, 0.15) is 19.3 Å². The SMILES string of the molecule is C=CC[C@@H](CC(=O)N(CCO)Cc1ccccc1)C(=O)N[C@H](COC(=O)[C@@H](CC=C)NC(=O)OCc1ccccc1)Cc1c[nH]c2ccccc12. The number of fused-ring (bicyclic) bond motifs is 1. The first kappa shape index (κ1) is 38.1. The summed E-state index contributed by atoms with van der Waals surface area (Å²) in [7, 11) is 0. The number of aliphatic hydroxyl groups excluding tert-OH is 1. The molecule has 1 aromatic heterocycles. The van der Waals surface area contributed by atoms with Gasteiger partial charge in [0.2, 0.25) is 11.8 Å². The first-order valence-electron chi connectivity index (χ1n) is 16.9. The molecule has 0 bridgehead atoms. The first-order chi connectivity index (χ1) is 24.8. The topological polar surface area (TPSA) is 150 Å². The van der Waals surface area contributed by atoms with Gasteiger partial charge in [-0.25, -0.2) is 9.59 Å². The van der Waals surface area contributed by atoms with Crippen molar-refractivity contribution >= 4 is 34.8 Å². The lowest BCUT2D eigenvalue weighted by atomic mass is 9.97. The third-order valence-electron chi connectivity index (χ3n) is 8.29. The maximum Gasteiger partial charge on any atom is 0.408 e. The predicted molar refractivity (Wildman–Crippen MR) is 195 cm³/mol. The van der Waals surface area contributed by atoms with Crippen LogP contribution in [0, 0.1) is 5.92 Å². The van der Waals surface area contributed by atoms with Crippen LogP contribution in [0.4, 0.5) is 4.79 Å². The number of H-pyrrole nitrogens is 1. The molecular weight excluding hydrogens is 648 g/mol. The summed E-state index contributed by atoms with van der Waals surface area (Å²) in [6.07, 6.45) is 4.65. The van der Waals surface area contributed by atoms with Crippen molar-refractivity contribution in [2.45, 2.75) is 50.9 Å². The Morgan fingerprint density at radius 1 is 0.843 bits per heavy atom. The van der Waals surface area contributed by atoms with Crippen LogP contribution in [0.15, 0.2) is 116 Å². The third kappa shape index (κ3) is 12.0. The highest BCUT2D eigenvalue weighted by Gasteiger charge is 2.28. The van der Waals surface area contributed by atoms with Crippen LogP contribution in [-0.2, 0) is 43.4 Å². The van der Waals surface area contributed by atoms with Gasteiger partial charge in [-0.15, -0.1) is 13.2 Å². The molecule has 0 spiro atoms. The molecule has 0 aliphatic heterocycles. The summed E-state index contributed by atoms with van der Waals surface area (Å²) in [5.41, 5.74) is 3.50. The number of aromatic amines is 1.